The molecule has 1 aliphatic rings. The molecule has 0 spiro atoms. The van der Waals surface area contributed by atoms with Crippen LogP contribution in [0.15, 0.2) is 30.5 Å². The minimum absolute atomic E-state index is 0.194. The predicted octanol–water partition coefficient (Wildman–Crippen LogP) is 4.45. The zero-order chi connectivity index (χ0) is 21.0. The van der Waals surface area contributed by atoms with Crippen LogP contribution >= 0.6 is 11.6 Å². The van der Waals surface area contributed by atoms with Gasteiger partial charge in [-0.3, -0.25) is 0 Å². The van der Waals surface area contributed by atoms with E-state index in [1.54, 1.807) is 19.2 Å². The molecular formula is C21H24ClN3O4. The summed E-state index contributed by atoms with van der Waals surface area (Å²) in [4.78, 5) is 21.1. The van der Waals surface area contributed by atoms with Gasteiger partial charge in [0.25, 0.3) is 0 Å². The van der Waals surface area contributed by atoms with Crippen molar-refractivity contribution >= 4 is 34.3 Å². The fraction of sp³-hybridized carbons (Fsp3) is 0.333. The van der Waals surface area contributed by atoms with Crippen molar-refractivity contribution in [1.29, 1.82) is 0 Å². The largest absolute Gasteiger partial charge is 0.480 e. The Bertz CT molecular complexity index is 1010. The van der Waals surface area contributed by atoms with E-state index in [-0.39, 0.29) is 5.56 Å². The standard InChI is InChI=1S/C19H18ClN3O4.C2H6/c1-26-18-11(2-3-17(22-18)23-4-6-27-7-5-23)12-8-13-14(19(24)25)10-21-16(13)9-15(12)20;1-2/h2-3,8-10,21H,4-7H2,1H3,(H,24,25);1-2H3. The number of fused-ring (bicyclic) bond motifs is 1. The van der Waals surface area contributed by atoms with Crippen LogP contribution in [0, 0.1) is 0 Å². The second-order valence-electron chi connectivity index (χ2n) is 6.21. The van der Waals surface area contributed by atoms with Gasteiger partial charge in [0.05, 0.1) is 30.9 Å². The Morgan fingerprint density at radius 2 is 1.97 bits per heavy atom. The van der Waals surface area contributed by atoms with Gasteiger partial charge in [-0.1, -0.05) is 25.4 Å². The summed E-state index contributed by atoms with van der Waals surface area (Å²) >= 11 is 6.47. The first-order chi connectivity index (χ1) is 14.1. The maximum atomic E-state index is 11.4. The number of aromatic carboxylic acids is 1. The molecule has 1 saturated heterocycles. The molecular weight excluding hydrogens is 394 g/mol. The third-order valence-corrected chi connectivity index (χ3v) is 4.98. The highest BCUT2D eigenvalue weighted by molar-refractivity contribution is 6.34. The molecule has 3 heterocycles. The fourth-order valence-electron chi connectivity index (χ4n) is 3.29. The van der Waals surface area contributed by atoms with Crippen molar-refractivity contribution in [2.75, 3.05) is 38.3 Å². The normalized spacial score (nSPS) is 13.7. The second kappa shape index (κ2) is 9.15. The molecule has 7 nitrogen and oxygen atoms in total. The smallest absolute Gasteiger partial charge is 0.337 e. The van der Waals surface area contributed by atoms with Gasteiger partial charge in [-0.05, 0) is 24.3 Å². The van der Waals surface area contributed by atoms with Gasteiger partial charge in [0, 0.05) is 41.3 Å². The van der Waals surface area contributed by atoms with E-state index in [4.69, 9.17) is 21.1 Å². The van der Waals surface area contributed by atoms with E-state index in [1.807, 2.05) is 26.0 Å². The molecule has 0 bridgehead atoms. The molecule has 1 aromatic carbocycles. The SMILES string of the molecule is CC.COc1nc(N2CCOCC2)ccc1-c1cc2c(C(=O)O)c[nH]c2cc1Cl. The summed E-state index contributed by atoms with van der Waals surface area (Å²) in [7, 11) is 1.56. The molecule has 0 aliphatic carbocycles. The summed E-state index contributed by atoms with van der Waals surface area (Å²) in [6.45, 7) is 6.88. The average Bonchev–Trinajstić information content (AvgIpc) is 3.17. The lowest BCUT2D eigenvalue weighted by Gasteiger charge is -2.28. The van der Waals surface area contributed by atoms with Crippen LogP contribution < -0.4 is 9.64 Å². The first kappa shape index (κ1) is 21.0. The van der Waals surface area contributed by atoms with E-state index >= 15 is 0 Å². The summed E-state index contributed by atoms with van der Waals surface area (Å²) in [6.07, 6.45) is 1.46. The lowest BCUT2D eigenvalue weighted by molar-refractivity contribution is 0.0699. The quantitative estimate of drug-likeness (QED) is 0.651. The molecule has 8 heteroatoms. The number of benzene rings is 1. The van der Waals surface area contributed by atoms with Gasteiger partial charge >= 0.3 is 5.97 Å². The molecule has 29 heavy (non-hydrogen) atoms. The minimum Gasteiger partial charge on any atom is -0.480 e. The van der Waals surface area contributed by atoms with Crippen LogP contribution in [0.2, 0.25) is 5.02 Å². The Hall–Kier alpha value is -2.77. The van der Waals surface area contributed by atoms with Gasteiger partial charge in [-0.25, -0.2) is 4.79 Å². The first-order valence-corrected chi connectivity index (χ1v) is 9.88. The van der Waals surface area contributed by atoms with Gasteiger partial charge in [-0.2, -0.15) is 4.98 Å². The number of nitrogens with one attached hydrogen (secondary N) is 1. The first-order valence-electron chi connectivity index (χ1n) is 9.50. The lowest BCUT2D eigenvalue weighted by Crippen LogP contribution is -2.36. The van der Waals surface area contributed by atoms with E-state index in [2.05, 4.69) is 14.9 Å². The number of halogens is 1. The Morgan fingerprint density at radius 3 is 2.62 bits per heavy atom. The number of aromatic amines is 1. The Labute approximate surface area is 174 Å². The highest BCUT2D eigenvalue weighted by atomic mass is 35.5. The van der Waals surface area contributed by atoms with Gasteiger partial charge in [0.2, 0.25) is 5.88 Å². The van der Waals surface area contributed by atoms with Gasteiger partial charge in [0.15, 0.2) is 0 Å². The monoisotopic (exact) mass is 417 g/mol. The highest BCUT2D eigenvalue weighted by Gasteiger charge is 2.19. The van der Waals surface area contributed by atoms with E-state index in [0.717, 1.165) is 18.9 Å². The average molecular weight is 418 g/mol. The number of ether oxygens (including phenoxy) is 2. The number of carbonyl (C=O) groups is 1. The van der Waals surface area contributed by atoms with Crippen molar-refractivity contribution in [2.45, 2.75) is 13.8 Å². The molecule has 0 saturated carbocycles. The third-order valence-electron chi connectivity index (χ3n) is 4.66. The molecule has 1 aliphatic heterocycles. The van der Waals surface area contributed by atoms with Crippen molar-refractivity contribution in [3.05, 3.63) is 41.0 Å². The van der Waals surface area contributed by atoms with E-state index in [0.29, 0.717) is 46.1 Å². The summed E-state index contributed by atoms with van der Waals surface area (Å²) in [5, 5.41) is 10.4. The molecule has 0 atom stereocenters. The Morgan fingerprint density at radius 1 is 1.24 bits per heavy atom. The topological polar surface area (TPSA) is 87.7 Å². The zero-order valence-electron chi connectivity index (χ0n) is 16.7. The number of carboxylic acid groups (broad SMARTS) is 1. The predicted molar refractivity (Wildman–Crippen MR) is 114 cm³/mol. The van der Waals surface area contributed by atoms with Crippen molar-refractivity contribution in [1.82, 2.24) is 9.97 Å². The molecule has 2 aromatic heterocycles. The maximum Gasteiger partial charge on any atom is 0.337 e. The van der Waals surface area contributed by atoms with Crippen LogP contribution in [0.25, 0.3) is 22.0 Å². The molecule has 1 fully saturated rings. The number of nitrogens with zero attached hydrogens (tertiary/aromatic N) is 2. The second-order valence-corrected chi connectivity index (χ2v) is 6.62. The lowest BCUT2D eigenvalue weighted by atomic mass is 10.0. The van der Waals surface area contributed by atoms with Gasteiger partial charge in [-0.15, -0.1) is 0 Å². The number of H-pyrrole nitrogens is 1. The number of methoxy groups -OCH3 is 1. The molecule has 2 N–H and O–H groups in total. The van der Waals surface area contributed by atoms with Gasteiger partial charge in [0.1, 0.15) is 5.82 Å². The van der Waals surface area contributed by atoms with E-state index in [9.17, 15) is 9.90 Å². The van der Waals surface area contributed by atoms with Crippen LogP contribution in [0.4, 0.5) is 5.82 Å². The number of anilines is 1. The summed E-state index contributed by atoms with van der Waals surface area (Å²) < 4.78 is 10.9. The molecule has 4 rings (SSSR count). The maximum absolute atomic E-state index is 11.4. The summed E-state index contributed by atoms with van der Waals surface area (Å²) in [5.74, 6) is 0.249. The number of morpholine rings is 1. The van der Waals surface area contributed by atoms with Crippen molar-refractivity contribution in [2.24, 2.45) is 0 Å². The molecule has 0 unspecified atom stereocenters. The number of pyridine rings is 1. The van der Waals surface area contributed by atoms with Crippen LogP contribution in [0.3, 0.4) is 0 Å². The van der Waals surface area contributed by atoms with Crippen molar-refractivity contribution < 1.29 is 19.4 Å². The molecule has 0 amide bonds. The molecule has 0 radical (unpaired) electrons. The van der Waals surface area contributed by atoms with Crippen LogP contribution in [0.5, 0.6) is 5.88 Å². The number of aromatic nitrogens is 2. The van der Waals surface area contributed by atoms with Crippen LogP contribution in [0.1, 0.15) is 24.2 Å². The number of rotatable bonds is 4. The van der Waals surface area contributed by atoms with Crippen molar-refractivity contribution in [3.63, 3.8) is 0 Å². The number of carboxylic acids is 1. The highest BCUT2D eigenvalue weighted by Crippen LogP contribution is 2.38. The van der Waals surface area contributed by atoms with E-state index < -0.39 is 5.97 Å². The zero-order valence-corrected chi connectivity index (χ0v) is 17.4. The number of hydrogen-bond donors (Lipinski definition) is 2. The van der Waals surface area contributed by atoms with E-state index in [1.165, 1.54) is 6.20 Å². The summed E-state index contributed by atoms with van der Waals surface area (Å²) in [6, 6.07) is 7.29. The number of hydrogen-bond acceptors (Lipinski definition) is 5. The third kappa shape index (κ3) is 4.16. The van der Waals surface area contributed by atoms with Crippen LogP contribution in [-0.4, -0.2) is 54.5 Å². The minimum atomic E-state index is -0.998. The Kier molecular flexibility index (Phi) is 6.61. The summed E-state index contributed by atoms with van der Waals surface area (Å²) in [5.41, 5.74) is 2.24. The molecule has 154 valence electrons. The molecule has 3 aromatic rings. The van der Waals surface area contributed by atoms with Crippen LogP contribution in [-0.2, 0) is 4.74 Å². The van der Waals surface area contributed by atoms with Gasteiger partial charge < -0.3 is 24.5 Å². The Balaban J connectivity index is 0.00000117. The van der Waals surface area contributed by atoms with Crippen molar-refractivity contribution in [3.8, 4) is 17.0 Å². The fourth-order valence-corrected chi connectivity index (χ4v) is 3.55.